The molecule has 0 saturated carbocycles. The fourth-order valence-corrected chi connectivity index (χ4v) is 2.96. The molecule has 0 spiro atoms. The van der Waals surface area contributed by atoms with Gasteiger partial charge in [-0.25, -0.2) is 9.97 Å². The van der Waals surface area contributed by atoms with Gasteiger partial charge in [0.15, 0.2) is 0 Å². The molecule has 0 aliphatic rings. The summed E-state index contributed by atoms with van der Waals surface area (Å²) in [7, 11) is 2.09. The molecule has 21 heavy (non-hydrogen) atoms. The molecular weight excluding hydrogens is 280 g/mol. The van der Waals surface area contributed by atoms with Crippen LogP contribution in [-0.2, 0) is 6.54 Å². The third-order valence-corrected chi connectivity index (χ3v) is 4.19. The van der Waals surface area contributed by atoms with Gasteiger partial charge in [-0.15, -0.1) is 11.3 Å². The molecule has 0 amide bonds. The summed E-state index contributed by atoms with van der Waals surface area (Å²) in [5, 5.41) is 5.46. The van der Waals surface area contributed by atoms with Crippen LogP contribution in [0.5, 0.6) is 0 Å². The van der Waals surface area contributed by atoms with Gasteiger partial charge in [0, 0.05) is 30.0 Å². The van der Waals surface area contributed by atoms with Gasteiger partial charge in [0.1, 0.15) is 17.5 Å². The van der Waals surface area contributed by atoms with Crippen molar-refractivity contribution >= 4 is 23.0 Å². The van der Waals surface area contributed by atoms with Crippen molar-refractivity contribution in [3.63, 3.8) is 0 Å². The molecule has 2 heterocycles. The topological polar surface area (TPSA) is 41.1 Å². The summed E-state index contributed by atoms with van der Waals surface area (Å²) in [6.07, 6.45) is 0. The van der Waals surface area contributed by atoms with E-state index in [1.807, 2.05) is 0 Å². The molecule has 1 N–H and O–H groups in total. The Bertz CT molecular complexity index is 578. The third-order valence-electron chi connectivity index (χ3n) is 3.33. The molecule has 2 aromatic rings. The molecule has 0 fully saturated rings. The molecule has 0 radical (unpaired) electrons. The monoisotopic (exact) mass is 304 g/mol. The summed E-state index contributed by atoms with van der Waals surface area (Å²) in [6, 6.07) is 4.25. The van der Waals surface area contributed by atoms with Gasteiger partial charge in [-0.3, -0.25) is 0 Å². The van der Waals surface area contributed by atoms with E-state index < -0.39 is 0 Å². The molecule has 0 atom stereocenters. The summed E-state index contributed by atoms with van der Waals surface area (Å²) in [5.74, 6) is 3.17. The number of hydrogen-bond acceptors (Lipinski definition) is 5. The van der Waals surface area contributed by atoms with E-state index in [4.69, 9.17) is 4.98 Å². The van der Waals surface area contributed by atoms with Crippen molar-refractivity contribution in [2.75, 3.05) is 23.8 Å². The second-order valence-corrected chi connectivity index (χ2v) is 6.53. The maximum Gasteiger partial charge on any atom is 0.137 e. The van der Waals surface area contributed by atoms with Crippen LogP contribution in [0, 0.1) is 6.92 Å². The van der Waals surface area contributed by atoms with Gasteiger partial charge in [0.25, 0.3) is 0 Å². The van der Waals surface area contributed by atoms with E-state index in [0.29, 0.717) is 5.92 Å². The first kappa shape index (κ1) is 15.8. The molecule has 0 aliphatic heterocycles. The minimum Gasteiger partial charge on any atom is -0.370 e. The normalized spacial score (nSPS) is 11.0. The summed E-state index contributed by atoms with van der Waals surface area (Å²) in [4.78, 5) is 13.0. The van der Waals surface area contributed by atoms with Crippen LogP contribution in [0.3, 0.4) is 0 Å². The van der Waals surface area contributed by atoms with E-state index >= 15 is 0 Å². The first-order valence-corrected chi connectivity index (χ1v) is 8.26. The molecule has 0 aromatic carbocycles. The summed E-state index contributed by atoms with van der Waals surface area (Å²) in [5.41, 5.74) is 1.11. The average molecular weight is 304 g/mol. The van der Waals surface area contributed by atoms with Crippen LogP contribution in [0.15, 0.2) is 17.5 Å². The Morgan fingerprint density at radius 1 is 1.33 bits per heavy atom. The number of nitrogens with zero attached hydrogens (tertiary/aromatic N) is 3. The van der Waals surface area contributed by atoms with Crippen LogP contribution >= 0.6 is 11.3 Å². The highest BCUT2D eigenvalue weighted by atomic mass is 32.1. The van der Waals surface area contributed by atoms with Crippen molar-refractivity contribution in [1.82, 2.24) is 9.97 Å². The SMILES string of the molecule is CCNc1nc(C(C)C)nc(N(C)Cc2cccs2)c1C. The average Bonchev–Trinajstić information content (AvgIpc) is 2.93. The lowest BCUT2D eigenvalue weighted by atomic mass is 10.2. The molecule has 0 aliphatic carbocycles. The van der Waals surface area contributed by atoms with Gasteiger partial charge in [0.05, 0.1) is 6.54 Å². The van der Waals surface area contributed by atoms with Crippen LogP contribution in [0.1, 0.15) is 43.0 Å². The summed E-state index contributed by atoms with van der Waals surface area (Å²) >= 11 is 1.78. The van der Waals surface area contributed by atoms with Crippen molar-refractivity contribution in [3.8, 4) is 0 Å². The molecule has 4 nitrogen and oxygen atoms in total. The van der Waals surface area contributed by atoms with Crippen molar-refractivity contribution < 1.29 is 0 Å². The molecule has 2 rings (SSSR count). The fourth-order valence-electron chi connectivity index (χ4n) is 2.20. The second-order valence-electron chi connectivity index (χ2n) is 5.50. The van der Waals surface area contributed by atoms with E-state index in [2.05, 4.69) is 67.5 Å². The van der Waals surface area contributed by atoms with E-state index in [1.165, 1.54) is 4.88 Å². The number of hydrogen-bond donors (Lipinski definition) is 1. The Balaban J connectivity index is 2.35. The first-order valence-electron chi connectivity index (χ1n) is 7.38. The highest BCUT2D eigenvalue weighted by Gasteiger charge is 2.16. The van der Waals surface area contributed by atoms with Crippen LogP contribution < -0.4 is 10.2 Å². The lowest BCUT2D eigenvalue weighted by Crippen LogP contribution is -2.21. The van der Waals surface area contributed by atoms with Gasteiger partial charge in [-0.1, -0.05) is 19.9 Å². The first-order chi connectivity index (χ1) is 10.0. The fraction of sp³-hybridized carbons (Fsp3) is 0.500. The van der Waals surface area contributed by atoms with E-state index in [1.54, 1.807) is 11.3 Å². The van der Waals surface area contributed by atoms with E-state index in [9.17, 15) is 0 Å². The molecule has 0 saturated heterocycles. The largest absolute Gasteiger partial charge is 0.370 e. The lowest BCUT2D eigenvalue weighted by Gasteiger charge is -2.22. The van der Waals surface area contributed by atoms with Crippen LogP contribution in [0.2, 0.25) is 0 Å². The van der Waals surface area contributed by atoms with Gasteiger partial charge < -0.3 is 10.2 Å². The zero-order valence-electron chi connectivity index (χ0n) is 13.5. The quantitative estimate of drug-likeness (QED) is 0.874. The molecule has 0 unspecified atom stereocenters. The lowest BCUT2D eigenvalue weighted by molar-refractivity contribution is 0.760. The van der Waals surface area contributed by atoms with Crippen molar-refractivity contribution in [3.05, 3.63) is 33.8 Å². The highest BCUT2D eigenvalue weighted by molar-refractivity contribution is 7.09. The molecule has 0 bridgehead atoms. The Hall–Kier alpha value is -1.62. The van der Waals surface area contributed by atoms with Gasteiger partial charge >= 0.3 is 0 Å². The van der Waals surface area contributed by atoms with Crippen LogP contribution in [0.4, 0.5) is 11.6 Å². The summed E-state index contributed by atoms with van der Waals surface area (Å²) < 4.78 is 0. The molecule has 114 valence electrons. The predicted octanol–water partition coefficient (Wildman–Crippen LogP) is 4.04. The molecule has 2 aromatic heterocycles. The summed E-state index contributed by atoms with van der Waals surface area (Å²) in [6.45, 7) is 10.2. The predicted molar refractivity (Wildman–Crippen MR) is 91.4 cm³/mol. The smallest absolute Gasteiger partial charge is 0.137 e. The minimum absolute atomic E-state index is 0.317. The van der Waals surface area contributed by atoms with E-state index in [-0.39, 0.29) is 0 Å². The second kappa shape index (κ2) is 6.89. The number of thiophene rings is 1. The van der Waals surface area contributed by atoms with Crippen LogP contribution in [-0.4, -0.2) is 23.6 Å². The Labute approximate surface area is 131 Å². The number of rotatable bonds is 6. The van der Waals surface area contributed by atoms with Crippen molar-refractivity contribution in [2.45, 2.75) is 40.2 Å². The Morgan fingerprint density at radius 3 is 2.67 bits per heavy atom. The standard InChI is InChI=1S/C16H24N4S/c1-6-17-15-12(4)16(19-14(18-15)11(2)3)20(5)10-13-8-7-9-21-13/h7-9,11H,6,10H2,1-5H3,(H,17,18,19). The number of nitrogens with one attached hydrogen (secondary N) is 1. The van der Waals surface area contributed by atoms with Gasteiger partial charge in [-0.2, -0.15) is 0 Å². The van der Waals surface area contributed by atoms with Crippen molar-refractivity contribution in [2.24, 2.45) is 0 Å². The van der Waals surface area contributed by atoms with E-state index in [0.717, 1.165) is 36.1 Å². The Morgan fingerprint density at radius 2 is 2.10 bits per heavy atom. The maximum absolute atomic E-state index is 4.77. The zero-order valence-corrected chi connectivity index (χ0v) is 14.3. The Kier molecular flexibility index (Phi) is 5.17. The molecule has 5 heteroatoms. The molecular formula is C16H24N4S. The third kappa shape index (κ3) is 3.73. The minimum atomic E-state index is 0.317. The number of anilines is 2. The highest BCUT2D eigenvalue weighted by Crippen LogP contribution is 2.26. The zero-order chi connectivity index (χ0) is 15.4. The van der Waals surface area contributed by atoms with Crippen molar-refractivity contribution in [1.29, 1.82) is 0 Å². The van der Waals surface area contributed by atoms with Gasteiger partial charge in [0.2, 0.25) is 0 Å². The van der Waals surface area contributed by atoms with Crippen LogP contribution in [0.25, 0.3) is 0 Å². The maximum atomic E-state index is 4.77. The van der Waals surface area contributed by atoms with Gasteiger partial charge in [-0.05, 0) is 25.3 Å². The number of aromatic nitrogens is 2.